The minimum atomic E-state index is -3.14. The van der Waals surface area contributed by atoms with Crippen LogP contribution in [0.15, 0.2) is 24.5 Å². The van der Waals surface area contributed by atoms with Gasteiger partial charge in [0.05, 0.1) is 16.9 Å². The highest BCUT2D eigenvalue weighted by atomic mass is 35.5. The van der Waals surface area contributed by atoms with Crippen LogP contribution in [0.25, 0.3) is 11.4 Å². The summed E-state index contributed by atoms with van der Waals surface area (Å²) in [7, 11) is 0. The van der Waals surface area contributed by atoms with Crippen molar-refractivity contribution in [1.29, 1.82) is 0 Å². The van der Waals surface area contributed by atoms with E-state index in [1.54, 1.807) is 0 Å². The number of alkyl halides is 4. The molecule has 2 rings (SSSR count). The Morgan fingerprint density at radius 3 is 2.05 bits per heavy atom. The van der Waals surface area contributed by atoms with Crippen LogP contribution in [-0.2, 0) is 0 Å². The lowest BCUT2D eigenvalue weighted by Gasteiger charge is -2.08. The maximum absolute atomic E-state index is 12.7. The molecule has 2 aromatic rings. The average molecular weight is 292 g/mol. The lowest BCUT2D eigenvalue weighted by molar-refractivity contribution is 0.116. The second kappa shape index (κ2) is 5.48. The van der Waals surface area contributed by atoms with Gasteiger partial charge in [-0.05, 0) is 12.1 Å². The van der Waals surface area contributed by atoms with E-state index in [2.05, 4.69) is 15.0 Å². The van der Waals surface area contributed by atoms with Crippen LogP contribution < -0.4 is 0 Å². The van der Waals surface area contributed by atoms with Gasteiger partial charge in [0.2, 0.25) is 0 Å². The molecule has 19 heavy (non-hydrogen) atoms. The molecule has 0 N–H and O–H groups in total. The predicted molar refractivity (Wildman–Crippen MR) is 60.2 cm³/mol. The first-order valence-electron chi connectivity index (χ1n) is 5.04. The van der Waals surface area contributed by atoms with Crippen LogP contribution in [0.3, 0.4) is 0 Å². The highest BCUT2D eigenvalue weighted by Gasteiger charge is 2.23. The van der Waals surface area contributed by atoms with Gasteiger partial charge in [0, 0.05) is 6.20 Å². The molecule has 100 valence electrons. The Morgan fingerprint density at radius 1 is 0.842 bits per heavy atom. The molecule has 0 atom stereocenters. The summed E-state index contributed by atoms with van der Waals surface area (Å²) in [6, 6.07) is 2.91. The number of aromatic nitrogens is 3. The van der Waals surface area contributed by atoms with E-state index in [0.717, 1.165) is 6.20 Å². The first-order valence-corrected chi connectivity index (χ1v) is 5.42. The van der Waals surface area contributed by atoms with Crippen molar-refractivity contribution in [1.82, 2.24) is 15.0 Å². The van der Waals surface area contributed by atoms with E-state index >= 15 is 0 Å². The third-order valence-electron chi connectivity index (χ3n) is 2.23. The van der Waals surface area contributed by atoms with E-state index < -0.39 is 24.2 Å². The molecule has 2 heterocycles. The molecule has 0 saturated carbocycles. The largest absolute Gasteiger partial charge is 0.282 e. The molecular weight excluding hydrogens is 286 g/mol. The van der Waals surface area contributed by atoms with E-state index in [9.17, 15) is 17.6 Å². The van der Waals surface area contributed by atoms with Gasteiger partial charge in [-0.15, -0.1) is 0 Å². The van der Waals surface area contributed by atoms with Crippen LogP contribution in [0.2, 0.25) is 5.02 Å². The summed E-state index contributed by atoms with van der Waals surface area (Å²) < 4.78 is 50.4. The Hall–Kier alpha value is -1.76. The monoisotopic (exact) mass is 291 g/mol. The van der Waals surface area contributed by atoms with Gasteiger partial charge in [-0.2, -0.15) is 0 Å². The lowest BCUT2D eigenvalue weighted by atomic mass is 10.2. The Balaban J connectivity index is 2.49. The molecule has 0 saturated heterocycles. The molecule has 0 aliphatic carbocycles. The molecule has 0 unspecified atom stereocenters. The summed E-state index contributed by atoms with van der Waals surface area (Å²) in [6.45, 7) is 0. The SMILES string of the molecule is FC(F)c1ncc(-c2ccc(Cl)cn2)nc1C(F)F. The van der Waals surface area contributed by atoms with Gasteiger partial charge in [0.1, 0.15) is 17.1 Å². The molecule has 0 radical (unpaired) electrons. The number of hydrogen-bond donors (Lipinski definition) is 0. The Bertz CT molecular complexity index is 575. The van der Waals surface area contributed by atoms with Crippen molar-refractivity contribution < 1.29 is 17.6 Å². The Labute approximate surface area is 110 Å². The maximum atomic E-state index is 12.7. The van der Waals surface area contributed by atoms with Gasteiger partial charge in [0.25, 0.3) is 12.9 Å². The lowest BCUT2D eigenvalue weighted by Crippen LogP contribution is -2.04. The summed E-state index contributed by atoms with van der Waals surface area (Å²) in [4.78, 5) is 10.7. The van der Waals surface area contributed by atoms with Gasteiger partial charge < -0.3 is 0 Å². The molecule has 0 aliphatic heterocycles. The van der Waals surface area contributed by atoms with Crippen molar-refractivity contribution in [3.63, 3.8) is 0 Å². The molecule has 0 aromatic carbocycles. The molecular formula is C11H6ClF4N3. The summed E-state index contributed by atoms with van der Waals surface area (Å²) in [5.41, 5.74) is -1.85. The fraction of sp³-hybridized carbons (Fsp3) is 0.182. The number of rotatable bonds is 3. The second-order valence-corrected chi connectivity index (χ2v) is 3.93. The van der Waals surface area contributed by atoms with E-state index in [1.165, 1.54) is 18.3 Å². The Morgan fingerprint density at radius 2 is 1.53 bits per heavy atom. The number of hydrogen-bond acceptors (Lipinski definition) is 3. The highest BCUT2D eigenvalue weighted by Crippen LogP contribution is 2.29. The highest BCUT2D eigenvalue weighted by molar-refractivity contribution is 6.30. The summed E-state index contributed by atoms with van der Waals surface area (Å²) >= 11 is 5.63. The van der Waals surface area contributed by atoms with Crippen molar-refractivity contribution >= 4 is 11.6 Å². The molecule has 0 fully saturated rings. The number of halogens is 5. The predicted octanol–water partition coefficient (Wildman–Crippen LogP) is 4.07. The van der Waals surface area contributed by atoms with Gasteiger partial charge >= 0.3 is 0 Å². The first kappa shape index (κ1) is 13.7. The zero-order valence-corrected chi connectivity index (χ0v) is 9.95. The minimum absolute atomic E-state index is 0.0173. The first-order chi connectivity index (χ1) is 8.99. The van der Waals surface area contributed by atoms with Gasteiger partial charge in [0.15, 0.2) is 0 Å². The third-order valence-corrected chi connectivity index (χ3v) is 2.46. The standard InChI is InChI=1S/C11H6ClF4N3/c12-5-1-2-6(17-3-5)7-4-18-8(10(13)14)9(19-7)11(15)16/h1-4,10-11H. The van der Waals surface area contributed by atoms with Crippen molar-refractivity contribution in [2.75, 3.05) is 0 Å². The summed E-state index contributed by atoms with van der Waals surface area (Å²) in [6.07, 6.45) is -3.97. The van der Waals surface area contributed by atoms with E-state index in [1.807, 2.05) is 0 Å². The third kappa shape index (κ3) is 2.98. The van der Waals surface area contributed by atoms with Gasteiger partial charge in [-0.25, -0.2) is 22.5 Å². The van der Waals surface area contributed by atoms with Gasteiger partial charge in [-0.3, -0.25) is 9.97 Å². The van der Waals surface area contributed by atoms with Crippen LogP contribution in [0.5, 0.6) is 0 Å². The zero-order chi connectivity index (χ0) is 14.0. The van der Waals surface area contributed by atoms with Crippen molar-refractivity contribution in [2.24, 2.45) is 0 Å². The molecule has 0 amide bonds. The van der Waals surface area contributed by atoms with Crippen LogP contribution in [0.1, 0.15) is 24.2 Å². The molecule has 0 bridgehead atoms. The van der Waals surface area contributed by atoms with Crippen molar-refractivity contribution in [2.45, 2.75) is 12.9 Å². The van der Waals surface area contributed by atoms with Gasteiger partial charge in [-0.1, -0.05) is 11.6 Å². The normalized spacial score (nSPS) is 11.3. The van der Waals surface area contributed by atoms with Crippen LogP contribution >= 0.6 is 11.6 Å². The van der Waals surface area contributed by atoms with Crippen LogP contribution in [0, 0.1) is 0 Å². The molecule has 0 aliphatic rings. The molecule has 0 spiro atoms. The average Bonchev–Trinajstić information content (AvgIpc) is 2.38. The zero-order valence-electron chi connectivity index (χ0n) is 9.20. The van der Waals surface area contributed by atoms with E-state index in [-0.39, 0.29) is 11.4 Å². The molecule has 2 aromatic heterocycles. The number of pyridine rings is 1. The fourth-order valence-corrected chi connectivity index (χ4v) is 1.50. The smallest absolute Gasteiger partial charge is 0.253 e. The minimum Gasteiger partial charge on any atom is -0.253 e. The summed E-state index contributed by atoms with van der Waals surface area (Å²) in [5.74, 6) is 0. The number of nitrogens with zero attached hydrogens (tertiary/aromatic N) is 3. The quantitative estimate of drug-likeness (QED) is 0.800. The van der Waals surface area contributed by atoms with Crippen LogP contribution in [0.4, 0.5) is 17.6 Å². The molecule has 3 nitrogen and oxygen atoms in total. The van der Waals surface area contributed by atoms with Crippen LogP contribution in [-0.4, -0.2) is 15.0 Å². The van der Waals surface area contributed by atoms with Crippen molar-refractivity contribution in [3.8, 4) is 11.4 Å². The van der Waals surface area contributed by atoms with E-state index in [0.29, 0.717) is 5.02 Å². The van der Waals surface area contributed by atoms with E-state index in [4.69, 9.17) is 11.6 Å². The maximum Gasteiger partial charge on any atom is 0.282 e. The Kier molecular flexibility index (Phi) is 3.94. The molecule has 8 heteroatoms. The topological polar surface area (TPSA) is 38.7 Å². The second-order valence-electron chi connectivity index (χ2n) is 3.49. The summed E-state index contributed by atoms with van der Waals surface area (Å²) in [5, 5.41) is 0.356. The fourth-order valence-electron chi connectivity index (χ4n) is 1.39. The van der Waals surface area contributed by atoms with Crippen molar-refractivity contribution in [3.05, 3.63) is 40.9 Å².